The molecular weight excluding hydrogens is 499 g/mol. The van der Waals surface area contributed by atoms with Gasteiger partial charge in [-0.15, -0.1) is 24.9 Å². The topological polar surface area (TPSA) is 56.1 Å². The zero-order valence-electron chi connectivity index (χ0n) is 20.8. The van der Waals surface area contributed by atoms with Gasteiger partial charge in [-0.1, -0.05) is 31.2 Å². The van der Waals surface area contributed by atoms with E-state index in [1.54, 1.807) is 36.0 Å². The summed E-state index contributed by atoms with van der Waals surface area (Å²) in [6.07, 6.45) is -4.30. The van der Waals surface area contributed by atoms with Crippen LogP contribution in [0.2, 0.25) is 0 Å². The van der Waals surface area contributed by atoms with Crippen LogP contribution in [0.15, 0.2) is 71.6 Å². The molecule has 194 valence electrons. The Bertz CT molecular complexity index is 1360. The summed E-state index contributed by atoms with van der Waals surface area (Å²) in [5.74, 6) is 1.32. The standard InChI is InChI=1S/C28H28F3N3O2S/c1-4-37-23-12-7-20(8-13-23)17-32-27(35)21-9-14-25-24(16-21)33-26(34(25)18(2)3)15-19-5-10-22(11-6-19)36-28(29,30)31/h5-14,16,18H,4,15,17H2,1-3H3,(H,32,35). The van der Waals surface area contributed by atoms with Crippen LogP contribution < -0.4 is 10.1 Å². The molecule has 0 bridgehead atoms. The molecule has 0 atom stereocenters. The summed E-state index contributed by atoms with van der Waals surface area (Å²) in [4.78, 5) is 18.8. The first-order chi connectivity index (χ1) is 17.6. The molecule has 0 aliphatic rings. The summed E-state index contributed by atoms with van der Waals surface area (Å²) in [5.41, 5.74) is 3.91. The lowest BCUT2D eigenvalue weighted by atomic mass is 10.1. The van der Waals surface area contributed by atoms with E-state index < -0.39 is 6.36 Å². The van der Waals surface area contributed by atoms with E-state index in [-0.39, 0.29) is 17.7 Å². The monoisotopic (exact) mass is 527 g/mol. The summed E-state index contributed by atoms with van der Waals surface area (Å²) in [7, 11) is 0. The van der Waals surface area contributed by atoms with Crippen LogP contribution in [-0.2, 0) is 13.0 Å². The summed E-state index contributed by atoms with van der Waals surface area (Å²) < 4.78 is 43.4. The summed E-state index contributed by atoms with van der Waals surface area (Å²) in [6.45, 7) is 6.61. The van der Waals surface area contributed by atoms with Crippen molar-refractivity contribution in [3.05, 3.63) is 89.2 Å². The van der Waals surface area contributed by atoms with E-state index in [9.17, 15) is 18.0 Å². The average molecular weight is 528 g/mol. The summed E-state index contributed by atoms with van der Waals surface area (Å²) in [5, 5.41) is 2.96. The van der Waals surface area contributed by atoms with Crippen LogP contribution >= 0.6 is 11.8 Å². The predicted octanol–water partition coefficient (Wildman–Crippen LogP) is 7.15. The highest BCUT2D eigenvalue weighted by Crippen LogP contribution is 2.26. The molecular formula is C28H28F3N3O2S. The largest absolute Gasteiger partial charge is 0.573 e. The number of nitrogens with one attached hydrogen (secondary N) is 1. The molecule has 0 spiro atoms. The maximum absolute atomic E-state index is 12.8. The lowest BCUT2D eigenvalue weighted by Crippen LogP contribution is -2.22. The van der Waals surface area contributed by atoms with Gasteiger partial charge in [0.15, 0.2) is 0 Å². The van der Waals surface area contributed by atoms with E-state index in [4.69, 9.17) is 4.98 Å². The maximum atomic E-state index is 12.8. The van der Waals surface area contributed by atoms with Gasteiger partial charge in [0, 0.05) is 29.5 Å². The molecule has 5 nitrogen and oxygen atoms in total. The molecule has 0 aliphatic carbocycles. The summed E-state index contributed by atoms with van der Waals surface area (Å²) in [6, 6.07) is 19.5. The third kappa shape index (κ3) is 6.85. The van der Waals surface area contributed by atoms with Crippen LogP contribution in [0.4, 0.5) is 13.2 Å². The van der Waals surface area contributed by atoms with Crippen LogP contribution in [0.3, 0.4) is 0 Å². The Kier molecular flexibility index (Phi) is 8.12. The van der Waals surface area contributed by atoms with E-state index in [2.05, 4.69) is 33.7 Å². The number of imidazole rings is 1. The van der Waals surface area contributed by atoms with Crippen LogP contribution in [0.1, 0.15) is 54.1 Å². The molecule has 4 rings (SSSR count). The zero-order chi connectivity index (χ0) is 26.6. The van der Waals surface area contributed by atoms with Crippen molar-refractivity contribution in [3.8, 4) is 5.75 Å². The molecule has 0 fully saturated rings. The number of nitrogens with zero attached hydrogens (tertiary/aromatic N) is 2. The number of ether oxygens (including phenoxy) is 1. The van der Waals surface area contributed by atoms with Gasteiger partial charge in [0.25, 0.3) is 5.91 Å². The number of rotatable bonds is 9. The van der Waals surface area contributed by atoms with Gasteiger partial charge in [-0.3, -0.25) is 4.79 Å². The molecule has 9 heteroatoms. The van der Waals surface area contributed by atoms with E-state index in [0.29, 0.717) is 24.0 Å². The number of carbonyl (C=O) groups excluding carboxylic acids is 1. The van der Waals surface area contributed by atoms with Gasteiger partial charge in [-0.25, -0.2) is 4.98 Å². The number of hydrogen-bond donors (Lipinski definition) is 1. The highest BCUT2D eigenvalue weighted by atomic mass is 32.2. The molecule has 1 amide bonds. The van der Waals surface area contributed by atoms with Crippen LogP contribution in [0, 0.1) is 0 Å². The Morgan fingerprint density at radius 3 is 2.32 bits per heavy atom. The fourth-order valence-electron chi connectivity index (χ4n) is 4.14. The Hall–Kier alpha value is -3.46. The van der Waals surface area contributed by atoms with Crippen molar-refractivity contribution in [2.75, 3.05) is 5.75 Å². The fourth-order valence-corrected chi connectivity index (χ4v) is 4.80. The third-order valence-corrected chi connectivity index (χ3v) is 6.64. The minimum absolute atomic E-state index is 0.0985. The van der Waals surface area contributed by atoms with Crippen LogP contribution in [0.5, 0.6) is 5.75 Å². The Balaban J connectivity index is 1.50. The number of amides is 1. The van der Waals surface area contributed by atoms with E-state index in [1.165, 1.54) is 17.0 Å². The van der Waals surface area contributed by atoms with Gasteiger partial charge in [-0.2, -0.15) is 0 Å². The van der Waals surface area contributed by atoms with Gasteiger partial charge in [0.2, 0.25) is 0 Å². The number of halogens is 3. The average Bonchev–Trinajstić information content (AvgIpc) is 3.21. The molecule has 0 aliphatic heterocycles. The van der Waals surface area contributed by atoms with Crippen molar-refractivity contribution in [1.29, 1.82) is 0 Å². The lowest BCUT2D eigenvalue weighted by molar-refractivity contribution is -0.274. The van der Waals surface area contributed by atoms with Crippen molar-refractivity contribution in [2.45, 2.75) is 51.0 Å². The number of alkyl halides is 3. The quantitative estimate of drug-likeness (QED) is 0.235. The van der Waals surface area contributed by atoms with E-state index in [0.717, 1.165) is 28.2 Å². The first-order valence-corrected chi connectivity index (χ1v) is 13.0. The van der Waals surface area contributed by atoms with Crippen LogP contribution in [0.25, 0.3) is 11.0 Å². The van der Waals surface area contributed by atoms with Crippen molar-refractivity contribution >= 4 is 28.7 Å². The second kappa shape index (κ2) is 11.3. The number of hydrogen-bond acceptors (Lipinski definition) is 4. The number of benzene rings is 3. The summed E-state index contributed by atoms with van der Waals surface area (Å²) >= 11 is 1.77. The molecule has 0 saturated heterocycles. The first-order valence-electron chi connectivity index (χ1n) is 12.0. The number of fused-ring (bicyclic) bond motifs is 1. The second-order valence-electron chi connectivity index (χ2n) is 8.82. The predicted molar refractivity (Wildman–Crippen MR) is 140 cm³/mol. The van der Waals surface area contributed by atoms with Crippen LogP contribution in [-0.4, -0.2) is 27.6 Å². The Labute approximate surface area is 218 Å². The molecule has 0 radical (unpaired) electrons. The Morgan fingerprint density at radius 2 is 1.70 bits per heavy atom. The molecule has 1 heterocycles. The highest BCUT2D eigenvalue weighted by Gasteiger charge is 2.31. The molecule has 1 aromatic heterocycles. The molecule has 4 aromatic rings. The van der Waals surface area contributed by atoms with Gasteiger partial charge in [-0.05, 0) is 73.2 Å². The maximum Gasteiger partial charge on any atom is 0.573 e. The Morgan fingerprint density at radius 1 is 1.03 bits per heavy atom. The number of carbonyl (C=O) groups is 1. The SMILES string of the molecule is CCSc1ccc(CNC(=O)c2ccc3c(c2)nc(Cc2ccc(OC(F)(F)F)cc2)n3C(C)C)cc1. The van der Waals surface area contributed by atoms with Gasteiger partial charge >= 0.3 is 6.36 Å². The molecule has 0 saturated carbocycles. The van der Waals surface area contributed by atoms with E-state index in [1.807, 2.05) is 32.0 Å². The van der Waals surface area contributed by atoms with Gasteiger partial charge < -0.3 is 14.6 Å². The van der Waals surface area contributed by atoms with E-state index >= 15 is 0 Å². The van der Waals surface area contributed by atoms with Crippen molar-refractivity contribution in [1.82, 2.24) is 14.9 Å². The molecule has 3 aromatic carbocycles. The molecule has 1 N–H and O–H groups in total. The van der Waals surface area contributed by atoms with Crippen molar-refractivity contribution in [2.24, 2.45) is 0 Å². The smallest absolute Gasteiger partial charge is 0.406 e. The highest BCUT2D eigenvalue weighted by molar-refractivity contribution is 7.99. The van der Waals surface area contributed by atoms with Crippen molar-refractivity contribution < 1.29 is 22.7 Å². The fraction of sp³-hybridized carbons (Fsp3) is 0.286. The first kappa shape index (κ1) is 26.6. The van der Waals surface area contributed by atoms with Gasteiger partial charge in [0.05, 0.1) is 11.0 Å². The lowest BCUT2D eigenvalue weighted by Gasteiger charge is -2.14. The third-order valence-electron chi connectivity index (χ3n) is 5.75. The zero-order valence-corrected chi connectivity index (χ0v) is 21.6. The van der Waals surface area contributed by atoms with Gasteiger partial charge in [0.1, 0.15) is 11.6 Å². The number of aromatic nitrogens is 2. The minimum Gasteiger partial charge on any atom is -0.406 e. The second-order valence-corrected chi connectivity index (χ2v) is 10.2. The number of thioether (sulfide) groups is 1. The molecule has 37 heavy (non-hydrogen) atoms. The minimum atomic E-state index is -4.73. The normalized spacial score (nSPS) is 11.8. The molecule has 0 unspecified atom stereocenters. The van der Waals surface area contributed by atoms with Crippen molar-refractivity contribution in [3.63, 3.8) is 0 Å².